The van der Waals surface area contributed by atoms with Gasteiger partial charge < -0.3 is 10.1 Å². The van der Waals surface area contributed by atoms with Crippen molar-refractivity contribution in [3.8, 4) is 0 Å². The highest BCUT2D eigenvalue weighted by Crippen LogP contribution is 2.21. The molecule has 3 heteroatoms. The first-order chi connectivity index (χ1) is 6.45. The molecule has 1 N–H and O–H groups in total. The summed E-state index contributed by atoms with van der Waals surface area (Å²) in [4.78, 5) is 0. The van der Waals surface area contributed by atoms with Crippen molar-refractivity contribution >= 4 is 11.8 Å². The lowest BCUT2D eigenvalue weighted by atomic mass is 10.1. The van der Waals surface area contributed by atoms with Crippen LogP contribution in [0.4, 0.5) is 0 Å². The van der Waals surface area contributed by atoms with Crippen molar-refractivity contribution in [2.24, 2.45) is 0 Å². The molecule has 76 valence electrons. The van der Waals surface area contributed by atoms with Crippen molar-refractivity contribution in [3.05, 3.63) is 0 Å². The second-order valence-electron chi connectivity index (χ2n) is 3.97. The zero-order valence-electron chi connectivity index (χ0n) is 8.13. The number of thioether (sulfide) groups is 1. The predicted octanol–water partition coefficient (Wildman–Crippen LogP) is 1.65. The first-order valence-corrected chi connectivity index (χ1v) is 6.43. The molecule has 0 amide bonds. The fourth-order valence-electron chi connectivity index (χ4n) is 1.89. The predicted molar refractivity (Wildman–Crippen MR) is 57.3 cm³/mol. The van der Waals surface area contributed by atoms with Gasteiger partial charge in [0.25, 0.3) is 0 Å². The van der Waals surface area contributed by atoms with Crippen molar-refractivity contribution in [2.45, 2.75) is 37.0 Å². The Morgan fingerprint density at radius 1 is 1.38 bits per heavy atom. The molecule has 0 aromatic rings. The van der Waals surface area contributed by atoms with Crippen LogP contribution in [0.3, 0.4) is 0 Å². The lowest BCUT2D eigenvalue weighted by Gasteiger charge is -2.25. The Bertz CT molecular complexity index is 144. The van der Waals surface area contributed by atoms with Gasteiger partial charge in [0, 0.05) is 6.04 Å². The smallest absolute Gasteiger partial charge is 0.0607 e. The highest BCUT2D eigenvalue weighted by atomic mass is 32.2. The van der Waals surface area contributed by atoms with Gasteiger partial charge in [-0.3, -0.25) is 0 Å². The highest BCUT2D eigenvalue weighted by Gasteiger charge is 2.18. The molecular formula is C10H19NOS. The minimum Gasteiger partial charge on any atom is -0.379 e. The van der Waals surface area contributed by atoms with E-state index in [1.807, 2.05) is 0 Å². The summed E-state index contributed by atoms with van der Waals surface area (Å²) < 4.78 is 5.13. The van der Waals surface area contributed by atoms with Gasteiger partial charge in [-0.1, -0.05) is 0 Å². The van der Waals surface area contributed by atoms with Gasteiger partial charge in [-0.05, 0) is 38.0 Å². The first kappa shape index (κ1) is 9.81. The molecule has 0 aromatic carbocycles. The number of hydrogen-bond donors (Lipinski definition) is 1. The summed E-state index contributed by atoms with van der Waals surface area (Å²) in [7, 11) is 0. The second-order valence-corrected chi connectivity index (χ2v) is 5.37. The van der Waals surface area contributed by atoms with Gasteiger partial charge in [-0.2, -0.15) is 11.8 Å². The molecule has 0 bridgehead atoms. The van der Waals surface area contributed by atoms with E-state index in [-0.39, 0.29) is 0 Å². The SMILES string of the molecule is C1CNC(CCCSC2COC2)C1. The lowest BCUT2D eigenvalue weighted by Crippen LogP contribution is -2.30. The normalized spacial score (nSPS) is 29.1. The maximum Gasteiger partial charge on any atom is 0.0607 e. The number of nitrogens with one attached hydrogen (secondary N) is 1. The molecule has 0 saturated carbocycles. The van der Waals surface area contributed by atoms with Crippen LogP contribution in [-0.4, -0.2) is 36.8 Å². The fraction of sp³-hybridized carbons (Fsp3) is 1.00. The molecule has 2 aliphatic rings. The van der Waals surface area contributed by atoms with E-state index in [4.69, 9.17) is 4.74 Å². The summed E-state index contributed by atoms with van der Waals surface area (Å²) in [5.41, 5.74) is 0. The molecule has 0 radical (unpaired) electrons. The number of hydrogen-bond acceptors (Lipinski definition) is 3. The van der Waals surface area contributed by atoms with Crippen LogP contribution in [0.2, 0.25) is 0 Å². The van der Waals surface area contributed by atoms with Gasteiger partial charge in [0.1, 0.15) is 0 Å². The fourth-order valence-corrected chi connectivity index (χ4v) is 2.94. The molecule has 0 aliphatic carbocycles. The van der Waals surface area contributed by atoms with Crippen molar-refractivity contribution in [2.75, 3.05) is 25.5 Å². The lowest BCUT2D eigenvalue weighted by molar-refractivity contribution is 0.0455. The van der Waals surface area contributed by atoms with E-state index in [2.05, 4.69) is 17.1 Å². The number of rotatable bonds is 5. The third kappa shape index (κ3) is 3.15. The largest absolute Gasteiger partial charge is 0.379 e. The van der Waals surface area contributed by atoms with Crippen LogP contribution in [0.15, 0.2) is 0 Å². The minimum atomic E-state index is 0.816. The van der Waals surface area contributed by atoms with Crippen molar-refractivity contribution in [3.63, 3.8) is 0 Å². The molecule has 2 nitrogen and oxygen atoms in total. The van der Waals surface area contributed by atoms with Crippen LogP contribution in [0.5, 0.6) is 0 Å². The third-order valence-electron chi connectivity index (χ3n) is 2.82. The molecule has 2 rings (SSSR count). The molecule has 2 aliphatic heterocycles. The van der Waals surface area contributed by atoms with Crippen molar-refractivity contribution in [1.29, 1.82) is 0 Å². The summed E-state index contributed by atoms with van der Waals surface area (Å²) in [5.74, 6) is 1.33. The standard InChI is InChI=1S/C10H19NOS/c1-3-9(11-5-1)4-2-6-13-10-7-12-8-10/h9-11H,1-8H2. The Kier molecular flexibility index (Phi) is 3.94. The average Bonchev–Trinajstić information content (AvgIpc) is 2.53. The van der Waals surface area contributed by atoms with Crippen LogP contribution in [0.25, 0.3) is 0 Å². The summed E-state index contributed by atoms with van der Waals surface area (Å²) in [6.45, 7) is 3.23. The molecule has 1 unspecified atom stereocenters. The summed E-state index contributed by atoms with van der Waals surface area (Å²) in [6.07, 6.45) is 5.53. The maximum absolute atomic E-state index is 5.13. The molecule has 13 heavy (non-hydrogen) atoms. The van der Waals surface area contributed by atoms with Gasteiger partial charge >= 0.3 is 0 Å². The van der Waals surface area contributed by atoms with E-state index in [9.17, 15) is 0 Å². The van der Waals surface area contributed by atoms with Crippen molar-refractivity contribution in [1.82, 2.24) is 5.32 Å². The summed E-state index contributed by atoms with van der Waals surface area (Å²) >= 11 is 2.09. The topological polar surface area (TPSA) is 21.3 Å². The van der Waals surface area contributed by atoms with Crippen molar-refractivity contribution < 1.29 is 4.74 Å². The zero-order valence-corrected chi connectivity index (χ0v) is 8.94. The molecule has 0 spiro atoms. The van der Waals surface area contributed by atoms with E-state index in [1.165, 1.54) is 38.0 Å². The van der Waals surface area contributed by atoms with Gasteiger partial charge in [-0.15, -0.1) is 0 Å². The van der Waals surface area contributed by atoms with Gasteiger partial charge in [-0.25, -0.2) is 0 Å². The van der Waals surface area contributed by atoms with E-state index < -0.39 is 0 Å². The Morgan fingerprint density at radius 3 is 2.92 bits per heavy atom. The van der Waals surface area contributed by atoms with E-state index in [0.29, 0.717) is 0 Å². The number of ether oxygens (including phenoxy) is 1. The van der Waals surface area contributed by atoms with Crippen LogP contribution in [0, 0.1) is 0 Å². The van der Waals surface area contributed by atoms with E-state index in [0.717, 1.165) is 24.5 Å². The van der Waals surface area contributed by atoms with E-state index >= 15 is 0 Å². The quantitative estimate of drug-likeness (QED) is 0.683. The first-order valence-electron chi connectivity index (χ1n) is 5.38. The van der Waals surface area contributed by atoms with Gasteiger partial charge in [0.05, 0.1) is 18.5 Å². The Morgan fingerprint density at radius 2 is 2.31 bits per heavy atom. The van der Waals surface area contributed by atoms with Gasteiger partial charge in [0.15, 0.2) is 0 Å². The Hall–Kier alpha value is 0.270. The molecule has 2 saturated heterocycles. The van der Waals surface area contributed by atoms with E-state index in [1.54, 1.807) is 0 Å². The summed E-state index contributed by atoms with van der Waals surface area (Å²) in [5, 5.41) is 4.35. The third-order valence-corrected chi connectivity index (χ3v) is 4.09. The zero-order chi connectivity index (χ0) is 8.93. The Labute approximate surface area is 84.8 Å². The van der Waals surface area contributed by atoms with Crippen LogP contribution in [-0.2, 0) is 4.74 Å². The monoisotopic (exact) mass is 201 g/mol. The van der Waals surface area contributed by atoms with Crippen LogP contribution in [0.1, 0.15) is 25.7 Å². The molecule has 2 fully saturated rings. The van der Waals surface area contributed by atoms with Gasteiger partial charge in [0.2, 0.25) is 0 Å². The molecule has 0 aromatic heterocycles. The highest BCUT2D eigenvalue weighted by molar-refractivity contribution is 8.00. The molecular weight excluding hydrogens is 182 g/mol. The minimum absolute atomic E-state index is 0.816. The molecule has 2 heterocycles. The maximum atomic E-state index is 5.13. The Balaban J connectivity index is 1.43. The summed E-state index contributed by atoms with van der Waals surface area (Å²) in [6, 6.07) is 0.832. The second kappa shape index (κ2) is 5.23. The van der Waals surface area contributed by atoms with Crippen LogP contribution >= 0.6 is 11.8 Å². The molecule has 1 atom stereocenters. The average molecular weight is 201 g/mol. The van der Waals surface area contributed by atoms with Crippen LogP contribution < -0.4 is 5.32 Å².